The number of methoxy groups -OCH3 is 1. The van der Waals surface area contributed by atoms with Gasteiger partial charge in [0.2, 0.25) is 0 Å². The number of aryl methyl sites for hydroxylation is 1. The van der Waals surface area contributed by atoms with Gasteiger partial charge in [0.25, 0.3) is 5.91 Å². The molecule has 0 aliphatic heterocycles. The minimum Gasteiger partial charge on any atom is -0.497 e. The third-order valence-electron chi connectivity index (χ3n) is 8.72. The fourth-order valence-electron chi connectivity index (χ4n) is 5.91. The van der Waals surface area contributed by atoms with Crippen molar-refractivity contribution in [3.05, 3.63) is 125 Å². The molecule has 5 rings (SSSR count). The number of halogens is 1. The summed E-state index contributed by atoms with van der Waals surface area (Å²) in [6.07, 6.45) is 2.26. The van der Waals surface area contributed by atoms with Crippen LogP contribution in [0.3, 0.4) is 0 Å². The Bertz CT molecular complexity index is 1940. The van der Waals surface area contributed by atoms with E-state index in [1.165, 1.54) is 0 Å². The van der Waals surface area contributed by atoms with Crippen molar-refractivity contribution in [2.75, 3.05) is 19.1 Å². The summed E-state index contributed by atoms with van der Waals surface area (Å²) in [5, 5.41) is 13.2. The lowest BCUT2D eigenvalue weighted by molar-refractivity contribution is -0.139. The molecule has 0 spiro atoms. The number of carboxylic acids is 1. The van der Waals surface area contributed by atoms with E-state index >= 15 is 0 Å². The third kappa shape index (κ3) is 8.99. The Morgan fingerprint density at radius 1 is 0.900 bits per heavy atom. The van der Waals surface area contributed by atoms with Crippen molar-refractivity contribution in [1.29, 1.82) is 0 Å². The maximum Gasteiger partial charge on any atom is 0.326 e. The summed E-state index contributed by atoms with van der Waals surface area (Å²) < 4.78 is 12.1. The third-order valence-corrected chi connectivity index (χ3v) is 9.62. The molecule has 1 aromatic heterocycles. The van der Waals surface area contributed by atoms with Crippen LogP contribution >= 0.6 is 23.4 Å². The Labute approximate surface area is 303 Å². The van der Waals surface area contributed by atoms with Gasteiger partial charge in [-0.1, -0.05) is 54.1 Å². The van der Waals surface area contributed by atoms with Gasteiger partial charge in [-0.15, -0.1) is 0 Å². The Kier molecular flexibility index (Phi) is 12.5. The van der Waals surface area contributed by atoms with E-state index in [1.54, 1.807) is 18.9 Å². The molecule has 50 heavy (non-hydrogen) atoms. The summed E-state index contributed by atoms with van der Waals surface area (Å²) in [5.41, 5.74) is 7.03. The van der Waals surface area contributed by atoms with Crippen molar-refractivity contribution in [2.24, 2.45) is 0 Å². The smallest absolute Gasteiger partial charge is 0.326 e. The quantitative estimate of drug-likeness (QED) is 0.112. The topological polar surface area (TPSA) is 92.0 Å². The number of thioether (sulfide) groups is 1. The van der Waals surface area contributed by atoms with Crippen molar-refractivity contribution in [1.82, 2.24) is 10.2 Å². The summed E-state index contributed by atoms with van der Waals surface area (Å²) in [5.74, 6) is 1.50. The van der Waals surface area contributed by atoms with Crippen LogP contribution in [-0.2, 0) is 17.9 Å². The molecule has 0 saturated heterocycles. The van der Waals surface area contributed by atoms with Crippen LogP contribution in [0.5, 0.6) is 5.75 Å². The lowest BCUT2D eigenvalue weighted by Gasteiger charge is -2.26. The zero-order chi connectivity index (χ0) is 35.8. The molecule has 0 bridgehead atoms. The number of carboxylic acid groups (broad SMARTS) is 1. The van der Waals surface area contributed by atoms with Gasteiger partial charge in [0, 0.05) is 34.3 Å². The largest absolute Gasteiger partial charge is 0.497 e. The Hall–Kier alpha value is -4.50. The molecule has 4 aromatic carbocycles. The van der Waals surface area contributed by atoms with Crippen LogP contribution in [0.2, 0.25) is 5.02 Å². The highest BCUT2D eigenvalue weighted by Gasteiger charge is 2.24. The zero-order valence-electron chi connectivity index (χ0n) is 29.0. The number of rotatable bonds is 15. The lowest BCUT2D eigenvalue weighted by Crippen LogP contribution is -2.41. The van der Waals surface area contributed by atoms with Crippen LogP contribution in [0, 0.1) is 6.92 Å². The summed E-state index contributed by atoms with van der Waals surface area (Å²) in [7, 11) is 1.66. The van der Waals surface area contributed by atoms with Crippen molar-refractivity contribution in [3.63, 3.8) is 0 Å². The Balaban J connectivity index is 1.48. The summed E-state index contributed by atoms with van der Waals surface area (Å²) in [6.45, 7) is 7.44. The van der Waals surface area contributed by atoms with Gasteiger partial charge in [-0.3, -0.25) is 9.69 Å². The van der Waals surface area contributed by atoms with Gasteiger partial charge in [-0.05, 0) is 122 Å². The van der Waals surface area contributed by atoms with Gasteiger partial charge in [-0.2, -0.15) is 11.8 Å². The van der Waals surface area contributed by atoms with E-state index in [2.05, 4.69) is 30.1 Å². The summed E-state index contributed by atoms with van der Waals surface area (Å²) >= 11 is 7.77. The van der Waals surface area contributed by atoms with Gasteiger partial charge in [0.05, 0.1) is 13.7 Å². The van der Waals surface area contributed by atoms with Crippen molar-refractivity contribution in [2.45, 2.75) is 52.4 Å². The van der Waals surface area contributed by atoms with E-state index in [-0.39, 0.29) is 6.04 Å². The van der Waals surface area contributed by atoms with E-state index < -0.39 is 17.9 Å². The maximum absolute atomic E-state index is 13.6. The molecule has 0 fully saturated rings. The molecule has 9 heteroatoms. The molecule has 1 amide bonds. The van der Waals surface area contributed by atoms with Crippen LogP contribution in [0.4, 0.5) is 0 Å². The molecule has 1 unspecified atom stereocenters. The highest BCUT2D eigenvalue weighted by molar-refractivity contribution is 7.98. The molecule has 0 aliphatic rings. The minimum atomic E-state index is -1.04. The first-order valence-electron chi connectivity index (χ1n) is 16.6. The molecule has 5 aromatic rings. The molecule has 2 N–H and O–H groups in total. The predicted octanol–water partition coefficient (Wildman–Crippen LogP) is 9.60. The standard InChI is InChI=1S/C41H43ClN2O5S/c1-26(2)44(25-33-23-36(30-10-8-11-32(22-30)48-4)39(49-33)29-14-16-31(42)17-15-29)24-28-13-18-35(37(21-28)34-12-7-6-9-27(34)3)40(45)43-38(41(46)47)19-20-50-5/h6-18,21-23,26,38H,19-20,24-25H2,1-5H3,(H,43,45)(H,46,47). The van der Waals surface area contributed by atoms with Crippen LogP contribution in [0.1, 0.15) is 47.5 Å². The van der Waals surface area contributed by atoms with Crippen LogP contribution in [-0.4, -0.2) is 53.1 Å². The first-order chi connectivity index (χ1) is 24.1. The van der Waals surface area contributed by atoms with E-state index in [9.17, 15) is 14.7 Å². The number of amides is 1. The lowest BCUT2D eigenvalue weighted by atomic mass is 9.93. The number of carbonyl (C=O) groups excluding carboxylic acids is 1. The van der Waals surface area contributed by atoms with E-state index in [1.807, 2.05) is 104 Å². The second-order valence-electron chi connectivity index (χ2n) is 12.5. The van der Waals surface area contributed by atoms with Gasteiger partial charge >= 0.3 is 5.97 Å². The number of nitrogens with one attached hydrogen (secondary N) is 1. The Morgan fingerprint density at radius 2 is 1.66 bits per heavy atom. The number of aliphatic carboxylic acids is 1. The molecule has 0 aliphatic carbocycles. The molecule has 1 atom stereocenters. The van der Waals surface area contributed by atoms with Crippen LogP contribution < -0.4 is 10.1 Å². The number of nitrogens with zero attached hydrogens (tertiary/aromatic N) is 1. The number of hydrogen-bond acceptors (Lipinski definition) is 6. The minimum absolute atomic E-state index is 0.164. The van der Waals surface area contributed by atoms with Gasteiger partial charge in [0.15, 0.2) is 0 Å². The van der Waals surface area contributed by atoms with Crippen molar-refractivity contribution >= 4 is 35.2 Å². The Morgan fingerprint density at radius 3 is 2.34 bits per heavy atom. The normalized spacial score (nSPS) is 11.9. The van der Waals surface area contributed by atoms with Crippen LogP contribution in [0.15, 0.2) is 101 Å². The average molecular weight is 711 g/mol. The second kappa shape index (κ2) is 16.9. The second-order valence-corrected chi connectivity index (χ2v) is 14.0. The van der Waals surface area contributed by atoms with E-state index in [0.29, 0.717) is 35.8 Å². The van der Waals surface area contributed by atoms with Crippen molar-refractivity contribution in [3.8, 4) is 39.3 Å². The van der Waals surface area contributed by atoms with Gasteiger partial charge < -0.3 is 19.6 Å². The molecule has 0 radical (unpaired) electrons. The predicted molar refractivity (Wildman–Crippen MR) is 204 cm³/mol. The molecule has 260 valence electrons. The highest BCUT2D eigenvalue weighted by Crippen LogP contribution is 2.38. The van der Waals surface area contributed by atoms with E-state index in [4.69, 9.17) is 20.8 Å². The van der Waals surface area contributed by atoms with Crippen molar-refractivity contribution < 1.29 is 23.8 Å². The SMILES string of the molecule is COc1cccc(-c2cc(CN(Cc3ccc(C(=O)NC(CCSC)C(=O)O)c(-c4ccccc4C)c3)C(C)C)oc2-c2ccc(Cl)cc2)c1. The van der Waals surface area contributed by atoms with Gasteiger partial charge in [0.1, 0.15) is 23.3 Å². The fourth-order valence-corrected chi connectivity index (χ4v) is 6.51. The average Bonchev–Trinajstić information content (AvgIpc) is 3.53. The summed E-state index contributed by atoms with van der Waals surface area (Å²) in [4.78, 5) is 27.9. The molecule has 7 nitrogen and oxygen atoms in total. The highest BCUT2D eigenvalue weighted by atomic mass is 35.5. The number of furan rings is 1. The summed E-state index contributed by atoms with van der Waals surface area (Å²) in [6, 6.07) is 30.6. The first kappa shape index (κ1) is 36.8. The molecular formula is C41H43ClN2O5S. The molecular weight excluding hydrogens is 668 g/mol. The number of hydrogen-bond donors (Lipinski definition) is 2. The van der Waals surface area contributed by atoms with E-state index in [0.717, 1.165) is 56.2 Å². The first-order valence-corrected chi connectivity index (χ1v) is 18.3. The molecule has 0 saturated carbocycles. The maximum atomic E-state index is 13.6. The monoisotopic (exact) mass is 710 g/mol. The number of ether oxygens (including phenoxy) is 1. The fraction of sp³-hybridized carbons (Fsp3) is 0.268. The number of carbonyl (C=O) groups is 2. The van der Waals surface area contributed by atoms with Crippen LogP contribution in [0.25, 0.3) is 33.6 Å². The number of benzene rings is 4. The molecule has 1 heterocycles. The van der Waals surface area contributed by atoms with Gasteiger partial charge in [-0.25, -0.2) is 4.79 Å². The zero-order valence-corrected chi connectivity index (χ0v) is 30.6.